The molecule has 176 valence electrons. The van der Waals surface area contributed by atoms with Gasteiger partial charge in [-0.15, -0.1) is 23.2 Å². The summed E-state index contributed by atoms with van der Waals surface area (Å²) < 4.78 is 59.9. The Morgan fingerprint density at radius 2 is 0.912 bits per heavy atom. The second-order valence-electron chi connectivity index (χ2n) is 7.88. The Morgan fingerprint density at radius 1 is 0.588 bits per heavy atom. The summed E-state index contributed by atoms with van der Waals surface area (Å²) in [6.45, 7) is 3.69. The molecule has 0 unspecified atom stereocenters. The second kappa shape index (κ2) is 9.26. The number of alkyl halides is 2. The van der Waals surface area contributed by atoms with Crippen LogP contribution in [0.2, 0.25) is 0 Å². The molecule has 0 bridgehead atoms. The molecule has 0 saturated heterocycles. The van der Waals surface area contributed by atoms with E-state index in [1.54, 1.807) is 48.5 Å². The zero-order chi connectivity index (χ0) is 24.7. The highest BCUT2D eigenvalue weighted by Gasteiger charge is 2.38. The van der Waals surface area contributed by atoms with E-state index in [2.05, 4.69) is 8.80 Å². The van der Waals surface area contributed by atoms with Crippen molar-refractivity contribution in [2.75, 3.05) is 0 Å². The van der Waals surface area contributed by atoms with Gasteiger partial charge in [-0.25, -0.2) is 0 Å². The first-order valence-corrected chi connectivity index (χ1v) is 14.0. The van der Waals surface area contributed by atoms with E-state index < -0.39 is 30.8 Å². The molecule has 3 aromatic rings. The number of benzene rings is 3. The first-order chi connectivity index (χ1) is 16.0. The molecule has 1 aliphatic carbocycles. The van der Waals surface area contributed by atoms with Crippen LogP contribution in [0.25, 0.3) is 0 Å². The fraction of sp³-hybridized carbons (Fsp3) is 0.167. The van der Waals surface area contributed by atoms with Crippen molar-refractivity contribution < 1.29 is 16.8 Å². The van der Waals surface area contributed by atoms with Crippen LogP contribution in [0.4, 0.5) is 0 Å². The normalized spacial score (nSPS) is 20.9. The molecule has 10 heteroatoms. The van der Waals surface area contributed by atoms with Crippen LogP contribution in [0.3, 0.4) is 0 Å². The lowest BCUT2D eigenvalue weighted by molar-refractivity contribution is 0.596. The number of hydrogen-bond acceptors (Lipinski definition) is 4. The summed E-state index contributed by atoms with van der Waals surface area (Å²) in [5.41, 5.74) is 2.58. The molecule has 2 atom stereocenters. The van der Waals surface area contributed by atoms with E-state index in [4.69, 9.17) is 23.2 Å². The first kappa shape index (κ1) is 24.6. The molecule has 0 radical (unpaired) electrons. The maximum absolute atomic E-state index is 13.0. The van der Waals surface area contributed by atoms with Gasteiger partial charge in [-0.3, -0.25) is 0 Å². The van der Waals surface area contributed by atoms with Gasteiger partial charge >= 0.3 is 0 Å². The van der Waals surface area contributed by atoms with Gasteiger partial charge in [0.25, 0.3) is 20.0 Å². The van der Waals surface area contributed by atoms with Gasteiger partial charge in [-0.1, -0.05) is 59.7 Å². The minimum absolute atomic E-state index is 0.0134. The highest BCUT2D eigenvalue weighted by molar-refractivity contribution is 7.90. The van der Waals surface area contributed by atoms with E-state index in [9.17, 15) is 16.8 Å². The monoisotopic (exact) mass is 534 g/mol. The predicted octanol–water partition coefficient (Wildman–Crippen LogP) is 4.89. The topological polar surface area (TPSA) is 93.0 Å². The third kappa shape index (κ3) is 4.81. The molecule has 0 saturated carbocycles. The lowest BCUT2D eigenvalue weighted by atomic mass is 9.88. The molecule has 34 heavy (non-hydrogen) atoms. The van der Waals surface area contributed by atoms with Crippen LogP contribution in [0.5, 0.6) is 0 Å². The van der Waals surface area contributed by atoms with Crippen molar-refractivity contribution in [1.29, 1.82) is 0 Å². The maximum atomic E-state index is 13.0. The van der Waals surface area contributed by atoms with E-state index >= 15 is 0 Å². The van der Waals surface area contributed by atoms with E-state index in [0.717, 1.165) is 11.1 Å². The summed E-state index contributed by atoms with van der Waals surface area (Å²) in [4.78, 5) is 0.0268. The van der Waals surface area contributed by atoms with Crippen molar-refractivity contribution in [2.24, 2.45) is 8.80 Å². The average Bonchev–Trinajstić information content (AvgIpc) is 2.80. The zero-order valence-electron chi connectivity index (χ0n) is 18.2. The number of halogens is 2. The first-order valence-electron chi connectivity index (χ1n) is 10.2. The third-order valence-corrected chi connectivity index (χ3v) is 8.99. The Balaban J connectivity index is 1.85. The molecule has 6 nitrogen and oxygen atoms in total. The highest BCUT2D eigenvalue weighted by atomic mass is 35.5. The number of aryl methyl sites for hydroxylation is 2. The lowest BCUT2D eigenvalue weighted by Crippen LogP contribution is -2.40. The van der Waals surface area contributed by atoms with Gasteiger partial charge in [-0.05, 0) is 38.1 Å². The minimum Gasteiger partial charge on any atom is -0.199 e. The molecule has 4 rings (SSSR count). The Hall–Kier alpha value is -2.52. The maximum Gasteiger partial charge on any atom is 0.282 e. The number of nitrogens with zero attached hydrogens (tertiary/aromatic N) is 2. The van der Waals surface area contributed by atoms with Crippen LogP contribution in [-0.4, -0.2) is 39.0 Å². The molecular weight excluding hydrogens is 515 g/mol. The Kier molecular flexibility index (Phi) is 6.70. The van der Waals surface area contributed by atoms with Crippen LogP contribution < -0.4 is 0 Å². The summed E-state index contributed by atoms with van der Waals surface area (Å²) in [6, 6.07) is 19.1. The number of fused-ring (bicyclic) bond motifs is 1. The average molecular weight is 535 g/mol. The van der Waals surface area contributed by atoms with Crippen LogP contribution >= 0.6 is 23.2 Å². The summed E-state index contributed by atoms with van der Waals surface area (Å²) >= 11 is 13.1. The molecule has 0 heterocycles. The zero-order valence-corrected chi connectivity index (χ0v) is 21.3. The standard InChI is InChI=1S/C24H20Cl2N2O4S2/c1-15-7-11-17(12-8-15)33(29,30)27-23-19-5-3-4-6-20(19)24(22(26)21(23)25)28-34(31,32)18-13-9-16(2)10-14-18/h3-14,21-22H,1-2H3/t21-,22-/m0/s1. The summed E-state index contributed by atoms with van der Waals surface area (Å²) in [5.74, 6) is 0. The van der Waals surface area contributed by atoms with Crippen molar-refractivity contribution in [1.82, 2.24) is 0 Å². The smallest absolute Gasteiger partial charge is 0.199 e. The second-order valence-corrected chi connectivity index (χ2v) is 12.0. The Bertz CT molecular complexity index is 1400. The van der Waals surface area contributed by atoms with E-state index in [1.165, 1.54) is 24.3 Å². The molecule has 0 fully saturated rings. The van der Waals surface area contributed by atoms with E-state index in [0.29, 0.717) is 11.1 Å². The van der Waals surface area contributed by atoms with Gasteiger partial charge in [0.2, 0.25) is 0 Å². The van der Waals surface area contributed by atoms with Gasteiger partial charge in [0, 0.05) is 11.1 Å². The van der Waals surface area contributed by atoms with Gasteiger partial charge in [0.1, 0.15) is 0 Å². The molecule has 0 amide bonds. The molecule has 0 spiro atoms. The van der Waals surface area contributed by atoms with E-state index in [1.807, 2.05) is 13.8 Å². The Labute approximate surface area is 209 Å². The summed E-state index contributed by atoms with van der Waals surface area (Å²) in [5, 5.41) is -2.27. The third-order valence-electron chi connectivity index (χ3n) is 5.33. The van der Waals surface area contributed by atoms with Crippen molar-refractivity contribution >= 4 is 54.7 Å². The van der Waals surface area contributed by atoms with Crippen LogP contribution in [0.1, 0.15) is 22.3 Å². The molecular formula is C24H20Cl2N2O4S2. The van der Waals surface area contributed by atoms with Crippen LogP contribution in [-0.2, 0) is 20.0 Å². The molecule has 0 aliphatic heterocycles. The van der Waals surface area contributed by atoms with Crippen LogP contribution in [0, 0.1) is 13.8 Å². The fourth-order valence-corrected chi connectivity index (χ4v) is 6.29. The SMILES string of the molecule is Cc1ccc(S(=O)(=O)N=C2c3ccccc3C(=NS(=O)(=O)c3ccc(C)cc3)[C@@H](Cl)[C@@H]2Cl)cc1. The van der Waals surface area contributed by atoms with Gasteiger partial charge in [0.15, 0.2) is 0 Å². The molecule has 3 aromatic carbocycles. The largest absolute Gasteiger partial charge is 0.282 e. The lowest BCUT2D eigenvalue weighted by Gasteiger charge is -2.28. The van der Waals surface area contributed by atoms with Crippen molar-refractivity contribution in [3.63, 3.8) is 0 Å². The fourth-order valence-electron chi connectivity index (χ4n) is 3.49. The van der Waals surface area contributed by atoms with Crippen molar-refractivity contribution in [3.8, 4) is 0 Å². The van der Waals surface area contributed by atoms with Crippen molar-refractivity contribution in [3.05, 3.63) is 95.1 Å². The highest BCUT2D eigenvalue weighted by Crippen LogP contribution is 2.32. The van der Waals surface area contributed by atoms with Crippen molar-refractivity contribution in [2.45, 2.75) is 34.4 Å². The van der Waals surface area contributed by atoms with Gasteiger partial charge < -0.3 is 0 Å². The number of rotatable bonds is 4. The Morgan fingerprint density at radius 3 is 1.24 bits per heavy atom. The molecule has 1 aliphatic rings. The number of hydrogen-bond donors (Lipinski definition) is 0. The number of sulfonamides is 2. The van der Waals surface area contributed by atoms with E-state index in [-0.39, 0.29) is 21.2 Å². The minimum atomic E-state index is -4.09. The quantitative estimate of drug-likeness (QED) is 0.445. The summed E-state index contributed by atoms with van der Waals surface area (Å²) in [6.07, 6.45) is 0. The van der Waals surface area contributed by atoms with Gasteiger partial charge in [-0.2, -0.15) is 25.6 Å². The molecule has 0 N–H and O–H groups in total. The van der Waals surface area contributed by atoms with Gasteiger partial charge in [0.05, 0.1) is 32.0 Å². The molecule has 0 aromatic heterocycles. The summed E-state index contributed by atoms with van der Waals surface area (Å²) in [7, 11) is -8.18. The predicted molar refractivity (Wildman–Crippen MR) is 136 cm³/mol. The van der Waals surface area contributed by atoms with Crippen LogP contribution in [0.15, 0.2) is 91.4 Å².